The van der Waals surface area contributed by atoms with Crippen LogP contribution < -0.4 is 11.1 Å². The Bertz CT molecular complexity index is 507. The summed E-state index contributed by atoms with van der Waals surface area (Å²) in [5, 5.41) is 20.1. The second kappa shape index (κ2) is 6.51. The van der Waals surface area contributed by atoms with Crippen LogP contribution in [0.2, 0.25) is 0 Å². The van der Waals surface area contributed by atoms with E-state index in [4.69, 9.17) is 5.73 Å². The smallest absolute Gasteiger partial charge is 0.311 e. The first-order valence-corrected chi connectivity index (χ1v) is 7.14. The molecule has 7 nitrogen and oxygen atoms in total. The number of carbonyl (C=O) groups is 2. The molecule has 0 unspecified atom stereocenters. The maximum atomic E-state index is 11.7. The molecule has 114 valence electrons. The zero-order valence-corrected chi connectivity index (χ0v) is 11.8. The molecule has 1 aromatic rings. The number of primary amides is 1. The third-order valence-electron chi connectivity index (χ3n) is 4.04. The van der Waals surface area contributed by atoms with Gasteiger partial charge in [0, 0.05) is 6.54 Å². The second-order valence-corrected chi connectivity index (χ2v) is 5.52. The number of hydrogen-bond donors (Lipinski definition) is 3. The summed E-state index contributed by atoms with van der Waals surface area (Å²) in [7, 11) is 0. The summed E-state index contributed by atoms with van der Waals surface area (Å²) in [6, 6.07) is 3.05. The van der Waals surface area contributed by atoms with Crippen LogP contribution in [0.1, 0.15) is 49.0 Å². The van der Waals surface area contributed by atoms with Gasteiger partial charge in [-0.2, -0.15) is 0 Å². The van der Waals surface area contributed by atoms with Gasteiger partial charge in [-0.05, 0) is 25.0 Å². The minimum absolute atomic E-state index is 0.0861. The van der Waals surface area contributed by atoms with Crippen molar-refractivity contribution in [3.05, 3.63) is 17.8 Å². The van der Waals surface area contributed by atoms with Gasteiger partial charge >= 0.3 is 5.97 Å². The molecule has 1 saturated carbocycles. The lowest BCUT2D eigenvalue weighted by molar-refractivity contribution is -0.149. The number of nitrogens with zero attached hydrogens (tertiary/aromatic N) is 2. The van der Waals surface area contributed by atoms with E-state index in [1.165, 1.54) is 6.07 Å². The summed E-state index contributed by atoms with van der Waals surface area (Å²) in [4.78, 5) is 22.6. The van der Waals surface area contributed by atoms with E-state index in [-0.39, 0.29) is 5.69 Å². The second-order valence-electron chi connectivity index (χ2n) is 5.52. The number of nitrogens with one attached hydrogen (secondary N) is 1. The van der Waals surface area contributed by atoms with Crippen molar-refractivity contribution in [2.45, 2.75) is 38.5 Å². The molecule has 0 atom stereocenters. The first-order valence-electron chi connectivity index (χ1n) is 7.14. The molecule has 1 amide bonds. The summed E-state index contributed by atoms with van der Waals surface area (Å²) in [5.74, 6) is -0.955. The van der Waals surface area contributed by atoms with E-state index in [1.807, 2.05) is 0 Å². The van der Waals surface area contributed by atoms with Gasteiger partial charge in [-0.3, -0.25) is 9.59 Å². The molecular weight excluding hydrogens is 272 g/mol. The van der Waals surface area contributed by atoms with Gasteiger partial charge in [0.1, 0.15) is 5.82 Å². The van der Waals surface area contributed by atoms with Crippen LogP contribution in [-0.2, 0) is 4.79 Å². The zero-order valence-electron chi connectivity index (χ0n) is 11.8. The Balaban J connectivity index is 2.04. The Morgan fingerprint density at radius 1 is 1.19 bits per heavy atom. The summed E-state index contributed by atoms with van der Waals surface area (Å²) in [6.45, 7) is 0.312. The number of carboxylic acid groups (broad SMARTS) is 1. The fourth-order valence-corrected chi connectivity index (χ4v) is 2.69. The highest BCUT2D eigenvalue weighted by atomic mass is 16.4. The number of rotatable bonds is 5. The molecule has 1 aliphatic rings. The average Bonchev–Trinajstić information content (AvgIpc) is 2.72. The van der Waals surface area contributed by atoms with Crippen LogP contribution in [0.4, 0.5) is 5.82 Å². The molecular formula is C14H20N4O3. The normalized spacial score (nSPS) is 17.7. The largest absolute Gasteiger partial charge is 0.481 e. The van der Waals surface area contributed by atoms with Crippen molar-refractivity contribution in [1.29, 1.82) is 0 Å². The lowest BCUT2D eigenvalue weighted by atomic mass is 9.80. The van der Waals surface area contributed by atoms with E-state index in [1.54, 1.807) is 6.07 Å². The maximum Gasteiger partial charge on any atom is 0.311 e. The Morgan fingerprint density at radius 3 is 2.33 bits per heavy atom. The van der Waals surface area contributed by atoms with Gasteiger partial charge in [-0.25, -0.2) is 0 Å². The number of nitrogens with two attached hydrogens (primary N) is 1. The number of hydrogen-bond acceptors (Lipinski definition) is 5. The molecule has 4 N–H and O–H groups in total. The number of carboxylic acids is 1. The molecule has 1 heterocycles. The van der Waals surface area contributed by atoms with Crippen molar-refractivity contribution in [1.82, 2.24) is 10.2 Å². The van der Waals surface area contributed by atoms with Crippen molar-refractivity contribution < 1.29 is 14.7 Å². The number of aliphatic carboxylic acids is 1. The first-order chi connectivity index (χ1) is 10.0. The molecule has 2 rings (SSSR count). The maximum absolute atomic E-state index is 11.7. The van der Waals surface area contributed by atoms with Gasteiger partial charge in [0.05, 0.1) is 5.41 Å². The van der Waals surface area contributed by atoms with Crippen LogP contribution in [0.15, 0.2) is 12.1 Å². The molecule has 1 fully saturated rings. The fraction of sp³-hybridized carbons (Fsp3) is 0.571. The van der Waals surface area contributed by atoms with E-state index < -0.39 is 17.3 Å². The lowest BCUT2D eigenvalue weighted by Crippen LogP contribution is -2.37. The number of anilines is 1. The van der Waals surface area contributed by atoms with Crippen LogP contribution in [0.5, 0.6) is 0 Å². The minimum Gasteiger partial charge on any atom is -0.481 e. The van der Waals surface area contributed by atoms with Gasteiger partial charge in [0.15, 0.2) is 5.69 Å². The highest BCUT2D eigenvalue weighted by Gasteiger charge is 2.38. The molecule has 0 radical (unpaired) electrons. The van der Waals surface area contributed by atoms with Gasteiger partial charge in [-0.1, -0.05) is 25.7 Å². The number of amides is 1. The summed E-state index contributed by atoms with van der Waals surface area (Å²) < 4.78 is 0. The summed E-state index contributed by atoms with van der Waals surface area (Å²) in [5.41, 5.74) is 4.43. The van der Waals surface area contributed by atoms with Gasteiger partial charge < -0.3 is 16.2 Å². The summed E-state index contributed by atoms with van der Waals surface area (Å²) in [6.07, 6.45) is 5.37. The van der Waals surface area contributed by atoms with Crippen LogP contribution in [0.25, 0.3) is 0 Å². The molecule has 0 bridgehead atoms. The van der Waals surface area contributed by atoms with E-state index in [2.05, 4.69) is 15.5 Å². The molecule has 0 spiro atoms. The molecule has 1 aliphatic carbocycles. The van der Waals surface area contributed by atoms with Crippen molar-refractivity contribution in [3.8, 4) is 0 Å². The molecule has 0 saturated heterocycles. The van der Waals surface area contributed by atoms with Crippen molar-refractivity contribution in [2.75, 3.05) is 11.9 Å². The SMILES string of the molecule is NC(=O)c1ccc(NCC2(C(=O)O)CCCCCC2)nn1. The lowest BCUT2D eigenvalue weighted by Gasteiger charge is -2.28. The van der Waals surface area contributed by atoms with E-state index >= 15 is 0 Å². The van der Waals surface area contributed by atoms with Crippen molar-refractivity contribution >= 4 is 17.7 Å². The molecule has 0 aromatic carbocycles. The standard InChI is InChI=1S/C14H20N4O3/c15-12(19)10-5-6-11(18-17-10)16-9-14(13(20)21)7-3-1-2-4-8-14/h5-6H,1-4,7-9H2,(H2,15,19)(H,16,18)(H,20,21). The Morgan fingerprint density at radius 2 is 1.86 bits per heavy atom. The monoisotopic (exact) mass is 292 g/mol. The molecule has 0 aliphatic heterocycles. The minimum atomic E-state index is -0.765. The molecule has 1 aromatic heterocycles. The van der Waals surface area contributed by atoms with E-state index in [0.717, 1.165) is 25.7 Å². The zero-order chi connectivity index (χ0) is 15.3. The first kappa shape index (κ1) is 15.2. The molecule has 21 heavy (non-hydrogen) atoms. The Hall–Kier alpha value is -2.18. The third kappa shape index (κ3) is 3.68. The Labute approximate surface area is 122 Å². The third-order valence-corrected chi connectivity index (χ3v) is 4.04. The van der Waals surface area contributed by atoms with Gasteiger partial charge in [0.25, 0.3) is 5.91 Å². The number of aromatic nitrogens is 2. The highest BCUT2D eigenvalue weighted by Crippen LogP contribution is 2.35. The van der Waals surface area contributed by atoms with Gasteiger partial charge in [-0.15, -0.1) is 10.2 Å². The Kier molecular flexibility index (Phi) is 4.72. The number of carbonyl (C=O) groups excluding carboxylic acids is 1. The quantitative estimate of drug-likeness (QED) is 0.706. The van der Waals surface area contributed by atoms with Crippen LogP contribution in [0.3, 0.4) is 0 Å². The van der Waals surface area contributed by atoms with E-state index in [0.29, 0.717) is 25.2 Å². The highest BCUT2D eigenvalue weighted by molar-refractivity contribution is 5.90. The molecule has 7 heteroatoms. The van der Waals surface area contributed by atoms with Crippen LogP contribution in [0, 0.1) is 5.41 Å². The predicted octanol–water partition coefficient (Wildman–Crippen LogP) is 1.41. The van der Waals surface area contributed by atoms with Crippen molar-refractivity contribution in [3.63, 3.8) is 0 Å². The summed E-state index contributed by atoms with van der Waals surface area (Å²) >= 11 is 0. The van der Waals surface area contributed by atoms with Gasteiger partial charge in [0.2, 0.25) is 0 Å². The topological polar surface area (TPSA) is 118 Å². The van der Waals surface area contributed by atoms with Crippen LogP contribution >= 0.6 is 0 Å². The van der Waals surface area contributed by atoms with Crippen molar-refractivity contribution in [2.24, 2.45) is 11.1 Å². The van der Waals surface area contributed by atoms with E-state index in [9.17, 15) is 14.7 Å². The average molecular weight is 292 g/mol. The fourth-order valence-electron chi connectivity index (χ4n) is 2.69. The van der Waals surface area contributed by atoms with Crippen LogP contribution in [-0.4, -0.2) is 33.7 Å². The predicted molar refractivity (Wildman–Crippen MR) is 76.8 cm³/mol.